The summed E-state index contributed by atoms with van der Waals surface area (Å²) in [4.78, 5) is 4.57. The summed E-state index contributed by atoms with van der Waals surface area (Å²) >= 11 is 0. The summed E-state index contributed by atoms with van der Waals surface area (Å²) in [5.41, 5.74) is 1.13. The molecule has 1 aromatic carbocycles. The Morgan fingerprint density at radius 2 is 2.00 bits per heavy atom. The van der Waals surface area contributed by atoms with Crippen LogP contribution in [0.5, 0.6) is 0 Å². The van der Waals surface area contributed by atoms with E-state index in [4.69, 9.17) is 0 Å². The van der Waals surface area contributed by atoms with E-state index in [9.17, 15) is 4.39 Å². The summed E-state index contributed by atoms with van der Waals surface area (Å²) in [7, 11) is 0. The van der Waals surface area contributed by atoms with Crippen LogP contribution >= 0.6 is 0 Å². The fourth-order valence-corrected chi connectivity index (χ4v) is 2.08. The first-order valence-corrected chi connectivity index (χ1v) is 7.54. The molecule has 0 radical (unpaired) electrons. The summed E-state index contributed by atoms with van der Waals surface area (Å²) in [5, 5.41) is 6.57. The first kappa shape index (κ1) is 14.8. The van der Waals surface area contributed by atoms with Crippen molar-refractivity contribution in [2.24, 2.45) is 10.9 Å². The number of halogens is 1. The normalized spacial score (nSPS) is 15.2. The van der Waals surface area contributed by atoms with Crippen molar-refractivity contribution in [3.8, 4) is 0 Å². The summed E-state index contributed by atoms with van der Waals surface area (Å²) in [6.07, 6.45) is 4.83. The van der Waals surface area contributed by atoms with Crippen molar-refractivity contribution >= 4 is 5.96 Å². The van der Waals surface area contributed by atoms with Crippen LogP contribution in [0.25, 0.3) is 0 Å². The Kier molecular flexibility index (Phi) is 5.84. The highest BCUT2D eigenvalue weighted by atomic mass is 19.1. The molecule has 1 fully saturated rings. The first-order chi connectivity index (χ1) is 9.78. The highest BCUT2D eigenvalue weighted by molar-refractivity contribution is 5.79. The SMILES string of the molecule is CCNC(=NCCC1CC1)NCCc1ccc(F)cc1. The van der Waals surface area contributed by atoms with Gasteiger partial charge in [-0.2, -0.15) is 0 Å². The van der Waals surface area contributed by atoms with Gasteiger partial charge in [0.2, 0.25) is 0 Å². The van der Waals surface area contributed by atoms with Gasteiger partial charge in [-0.15, -0.1) is 0 Å². The van der Waals surface area contributed by atoms with Crippen molar-refractivity contribution < 1.29 is 4.39 Å². The van der Waals surface area contributed by atoms with Crippen LogP contribution in [0.3, 0.4) is 0 Å². The number of rotatable bonds is 7. The number of nitrogens with zero attached hydrogens (tertiary/aromatic N) is 1. The third kappa shape index (κ3) is 5.59. The molecule has 2 rings (SSSR count). The third-order valence-electron chi connectivity index (χ3n) is 3.47. The Morgan fingerprint density at radius 1 is 1.25 bits per heavy atom. The monoisotopic (exact) mass is 277 g/mol. The van der Waals surface area contributed by atoms with Gasteiger partial charge in [-0.05, 0) is 43.4 Å². The lowest BCUT2D eigenvalue weighted by molar-refractivity contribution is 0.626. The number of aliphatic imine (C=N–C) groups is 1. The van der Waals surface area contributed by atoms with E-state index in [-0.39, 0.29) is 5.82 Å². The van der Waals surface area contributed by atoms with Crippen molar-refractivity contribution in [3.63, 3.8) is 0 Å². The van der Waals surface area contributed by atoms with Gasteiger partial charge in [-0.3, -0.25) is 4.99 Å². The second kappa shape index (κ2) is 7.88. The van der Waals surface area contributed by atoms with Gasteiger partial charge >= 0.3 is 0 Å². The van der Waals surface area contributed by atoms with E-state index in [1.54, 1.807) is 0 Å². The van der Waals surface area contributed by atoms with Gasteiger partial charge in [-0.25, -0.2) is 4.39 Å². The molecule has 110 valence electrons. The molecular weight excluding hydrogens is 253 g/mol. The van der Waals surface area contributed by atoms with E-state index in [0.29, 0.717) is 0 Å². The zero-order valence-corrected chi connectivity index (χ0v) is 12.2. The van der Waals surface area contributed by atoms with Gasteiger partial charge in [0.15, 0.2) is 5.96 Å². The Bertz CT molecular complexity index is 424. The number of hydrogen-bond donors (Lipinski definition) is 2. The van der Waals surface area contributed by atoms with Crippen molar-refractivity contribution in [2.45, 2.75) is 32.6 Å². The molecule has 4 heteroatoms. The smallest absolute Gasteiger partial charge is 0.191 e. The maximum Gasteiger partial charge on any atom is 0.191 e. The summed E-state index contributed by atoms with van der Waals surface area (Å²) in [6, 6.07) is 6.66. The Labute approximate surface area is 120 Å². The van der Waals surface area contributed by atoms with Crippen LogP contribution in [0.2, 0.25) is 0 Å². The molecule has 1 saturated carbocycles. The summed E-state index contributed by atoms with van der Waals surface area (Å²) < 4.78 is 12.8. The second-order valence-electron chi connectivity index (χ2n) is 5.30. The Morgan fingerprint density at radius 3 is 2.65 bits per heavy atom. The standard InChI is InChI=1S/C16H24FN3/c1-2-18-16(19-11-9-13-3-4-13)20-12-10-14-5-7-15(17)8-6-14/h5-8,13H,2-4,9-12H2,1H3,(H2,18,19,20). The quantitative estimate of drug-likeness (QED) is 0.594. The zero-order valence-electron chi connectivity index (χ0n) is 12.2. The van der Waals surface area contributed by atoms with Crippen LogP contribution in [-0.4, -0.2) is 25.6 Å². The van der Waals surface area contributed by atoms with Gasteiger partial charge in [-0.1, -0.05) is 25.0 Å². The van der Waals surface area contributed by atoms with Crippen LogP contribution in [0, 0.1) is 11.7 Å². The molecule has 2 N–H and O–H groups in total. The van der Waals surface area contributed by atoms with Crippen molar-refractivity contribution in [2.75, 3.05) is 19.6 Å². The molecule has 0 heterocycles. The largest absolute Gasteiger partial charge is 0.357 e. The molecule has 0 atom stereocenters. The van der Waals surface area contributed by atoms with E-state index < -0.39 is 0 Å². The first-order valence-electron chi connectivity index (χ1n) is 7.54. The van der Waals surface area contributed by atoms with Crippen LogP contribution < -0.4 is 10.6 Å². The van der Waals surface area contributed by atoms with Crippen molar-refractivity contribution in [1.29, 1.82) is 0 Å². The molecule has 1 aliphatic rings. The zero-order chi connectivity index (χ0) is 14.2. The number of nitrogens with one attached hydrogen (secondary N) is 2. The molecule has 0 bridgehead atoms. The predicted molar refractivity (Wildman–Crippen MR) is 81.4 cm³/mol. The van der Waals surface area contributed by atoms with Gasteiger partial charge in [0.05, 0.1) is 0 Å². The van der Waals surface area contributed by atoms with Crippen molar-refractivity contribution in [3.05, 3.63) is 35.6 Å². The third-order valence-corrected chi connectivity index (χ3v) is 3.47. The molecule has 1 aliphatic carbocycles. The fourth-order valence-electron chi connectivity index (χ4n) is 2.08. The molecule has 0 aromatic heterocycles. The van der Waals surface area contributed by atoms with E-state index in [1.165, 1.54) is 31.4 Å². The van der Waals surface area contributed by atoms with Crippen LogP contribution in [0.15, 0.2) is 29.3 Å². The van der Waals surface area contributed by atoms with Crippen molar-refractivity contribution in [1.82, 2.24) is 10.6 Å². The average Bonchev–Trinajstić information content (AvgIpc) is 3.25. The molecule has 3 nitrogen and oxygen atoms in total. The van der Waals surface area contributed by atoms with Crippen LogP contribution in [0.1, 0.15) is 31.7 Å². The topological polar surface area (TPSA) is 36.4 Å². The van der Waals surface area contributed by atoms with Gasteiger partial charge < -0.3 is 10.6 Å². The number of hydrogen-bond acceptors (Lipinski definition) is 1. The predicted octanol–water partition coefficient (Wildman–Crippen LogP) is 2.72. The van der Waals surface area contributed by atoms with E-state index in [2.05, 4.69) is 22.5 Å². The number of guanidine groups is 1. The highest BCUT2D eigenvalue weighted by Gasteiger charge is 2.20. The molecular formula is C16H24FN3. The van der Waals surface area contributed by atoms with E-state index >= 15 is 0 Å². The van der Waals surface area contributed by atoms with Gasteiger partial charge in [0, 0.05) is 19.6 Å². The van der Waals surface area contributed by atoms with Crippen LogP contribution in [-0.2, 0) is 6.42 Å². The minimum atomic E-state index is -0.184. The molecule has 0 saturated heterocycles. The molecule has 0 unspecified atom stereocenters. The fraction of sp³-hybridized carbons (Fsp3) is 0.562. The lowest BCUT2D eigenvalue weighted by atomic mass is 10.1. The highest BCUT2D eigenvalue weighted by Crippen LogP contribution is 2.32. The van der Waals surface area contributed by atoms with Gasteiger partial charge in [0.25, 0.3) is 0 Å². The van der Waals surface area contributed by atoms with E-state index in [1.807, 2.05) is 12.1 Å². The maximum absolute atomic E-state index is 12.8. The Hall–Kier alpha value is -1.58. The molecule has 0 spiro atoms. The molecule has 0 aliphatic heterocycles. The minimum Gasteiger partial charge on any atom is -0.357 e. The Balaban J connectivity index is 1.71. The molecule has 20 heavy (non-hydrogen) atoms. The maximum atomic E-state index is 12.8. The average molecular weight is 277 g/mol. The summed E-state index contributed by atoms with van der Waals surface area (Å²) in [5.74, 6) is 1.62. The number of benzene rings is 1. The molecule has 0 amide bonds. The van der Waals surface area contributed by atoms with Gasteiger partial charge in [0.1, 0.15) is 5.82 Å². The minimum absolute atomic E-state index is 0.184. The second-order valence-corrected chi connectivity index (χ2v) is 5.30. The lowest BCUT2D eigenvalue weighted by Crippen LogP contribution is -2.38. The molecule has 1 aromatic rings. The summed E-state index contributed by atoms with van der Waals surface area (Å²) in [6.45, 7) is 4.64. The van der Waals surface area contributed by atoms with Crippen LogP contribution in [0.4, 0.5) is 4.39 Å². The van der Waals surface area contributed by atoms with E-state index in [0.717, 1.165) is 43.5 Å². The lowest BCUT2D eigenvalue weighted by Gasteiger charge is -2.11.